The Balaban J connectivity index is 1.87. The highest BCUT2D eigenvalue weighted by molar-refractivity contribution is 5.89. The predicted molar refractivity (Wildman–Crippen MR) is 75.1 cm³/mol. The molecule has 1 aliphatic heterocycles. The van der Waals surface area contributed by atoms with E-state index in [1.807, 2.05) is 0 Å². The summed E-state index contributed by atoms with van der Waals surface area (Å²) >= 11 is 0. The molecular formula is C15H16F4N2O3. The number of hydrogen-bond acceptors (Lipinski definition) is 3. The number of rotatable bonds is 5. The zero-order valence-electron chi connectivity index (χ0n) is 12.5. The van der Waals surface area contributed by atoms with Gasteiger partial charge >= 0.3 is 6.18 Å². The molecule has 0 spiro atoms. The summed E-state index contributed by atoms with van der Waals surface area (Å²) in [6, 6.07) is 5.49. The van der Waals surface area contributed by atoms with Crippen LogP contribution in [0.4, 0.5) is 17.6 Å². The van der Waals surface area contributed by atoms with Crippen molar-refractivity contribution < 1.29 is 32.3 Å². The van der Waals surface area contributed by atoms with Gasteiger partial charge in [-0.25, -0.2) is 4.39 Å². The van der Waals surface area contributed by atoms with Crippen LogP contribution in [0.25, 0.3) is 0 Å². The molecule has 1 saturated heterocycles. The smallest absolute Gasteiger partial charge is 0.386 e. The maximum absolute atomic E-state index is 13.5. The average Bonchev–Trinajstić information content (AvgIpc) is 2.84. The zero-order valence-corrected chi connectivity index (χ0v) is 12.5. The molecule has 1 heterocycles. The summed E-state index contributed by atoms with van der Waals surface area (Å²) in [7, 11) is 0. The van der Waals surface area contributed by atoms with Crippen LogP contribution in [0.3, 0.4) is 0 Å². The second-order valence-electron chi connectivity index (χ2n) is 5.57. The molecule has 0 aromatic heterocycles. The minimum Gasteiger partial charge on any atom is -0.386 e. The molecule has 2 unspecified atom stereocenters. The first-order valence-electron chi connectivity index (χ1n) is 7.22. The number of carbonyl (C=O) groups is 2. The molecule has 0 bridgehead atoms. The maximum Gasteiger partial charge on any atom is 0.406 e. The Labute approximate surface area is 135 Å². The topological polar surface area (TPSA) is 69.6 Å². The summed E-state index contributed by atoms with van der Waals surface area (Å²) in [4.78, 5) is 24.0. The molecule has 0 aliphatic carbocycles. The predicted octanol–water partition coefficient (Wildman–Crippen LogP) is 1.39. The largest absolute Gasteiger partial charge is 0.406 e. The highest BCUT2D eigenvalue weighted by Crippen LogP contribution is 2.24. The fourth-order valence-electron chi connectivity index (χ4n) is 2.51. The van der Waals surface area contributed by atoms with Gasteiger partial charge in [0.25, 0.3) is 0 Å². The number of aliphatic hydroxyl groups excluding tert-OH is 1. The Bertz CT molecular complexity index is 621. The van der Waals surface area contributed by atoms with Gasteiger partial charge in [-0.1, -0.05) is 18.2 Å². The molecule has 1 aromatic rings. The molecule has 2 rings (SSSR count). The van der Waals surface area contributed by atoms with Gasteiger partial charge in [0.15, 0.2) is 0 Å². The van der Waals surface area contributed by atoms with Crippen LogP contribution in [0.15, 0.2) is 24.3 Å². The van der Waals surface area contributed by atoms with E-state index in [1.54, 1.807) is 0 Å². The van der Waals surface area contributed by atoms with Crippen LogP contribution in [-0.2, 0) is 9.59 Å². The molecule has 1 aliphatic rings. The van der Waals surface area contributed by atoms with Gasteiger partial charge in [0.05, 0.1) is 12.0 Å². The van der Waals surface area contributed by atoms with Crippen LogP contribution < -0.4 is 5.32 Å². The van der Waals surface area contributed by atoms with Crippen LogP contribution in [0.1, 0.15) is 18.1 Å². The van der Waals surface area contributed by atoms with E-state index in [9.17, 15) is 32.3 Å². The van der Waals surface area contributed by atoms with E-state index >= 15 is 0 Å². The highest BCUT2D eigenvalue weighted by atomic mass is 19.4. The highest BCUT2D eigenvalue weighted by Gasteiger charge is 2.40. The van der Waals surface area contributed by atoms with Crippen LogP contribution in [0.2, 0.25) is 0 Å². The molecule has 24 heavy (non-hydrogen) atoms. The molecule has 0 saturated carbocycles. The normalized spacial score (nSPS) is 19.5. The van der Waals surface area contributed by atoms with Gasteiger partial charge < -0.3 is 15.3 Å². The Kier molecular flexibility index (Phi) is 5.43. The van der Waals surface area contributed by atoms with Crippen molar-refractivity contribution in [3.8, 4) is 0 Å². The van der Waals surface area contributed by atoms with Gasteiger partial charge in [0.1, 0.15) is 12.4 Å². The fourth-order valence-corrected chi connectivity index (χ4v) is 2.51. The first-order valence-corrected chi connectivity index (χ1v) is 7.22. The maximum atomic E-state index is 13.5. The van der Waals surface area contributed by atoms with Gasteiger partial charge in [-0.15, -0.1) is 0 Å². The standard InChI is InChI=1S/C15H16F4N2O3/c16-11-4-2-1-3-10(11)12(22)6-20-14(24)9-5-13(23)21(7-9)8-15(17,18)19/h1-4,9,12,22H,5-8H2,(H,20,24). The SMILES string of the molecule is O=C(NCC(O)c1ccccc1F)C1CC(=O)N(CC(F)(F)F)C1. The van der Waals surface area contributed by atoms with Crippen molar-refractivity contribution in [3.05, 3.63) is 35.6 Å². The number of amides is 2. The summed E-state index contributed by atoms with van der Waals surface area (Å²) in [5, 5.41) is 12.2. The molecule has 0 radical (unpaired) electrons. The third-order valence-corrected chi connectivity index (χ3v) is 3.69. The van der Waals surface area contributed by atoms with Crippen molar-refractivity contribution in [1.82, 2.24) is 10.2 Å². The molecule has 5 nitrogen and oxygen atoms in total. The number of carbonyl (C=O) groups excluding carboxylic acids is 2. The summed E-state index contributed by atoms with van der Waals surface area (Å²) in [6.07, 6.45) is -6.14. The Morgan fingerprint density at radius 2 is 2.04 bits per heavy atom. The van der Waals surface area contributed by atoms with E-state index in [0.29, 0.717) is 4.90 Å². The number of hydrogen-bond donors (Lipinski definition) is 2. The van der Waals surface area contributed by atoms with Crippen LogP contribution >= 0.6 is 0 Å². The van der Waals surface area contributed by atoms with Gasteiger partial charge in [-0.05, 0) is 6.07 Å². The number of aliphatic hydroxyl groups is 1. The van der Waals surface area contributed by atoms with Crippen molar-refractivity contribution in [2.75, 3.05) is 19.6 Å². The van der Waals surface area contributed by atoms with Crippen molar-refractivity contribution in [2.24, 2.45) is 5.92 Å². The third-order valence-electron chi connectivity index (χ3n) is 3.69. The average molecular weight is 348 g/mol. The fraction of sp³-hybridized carbons (Fsp3) is 0.467. The van der Waals surface area contributed by atoms with Crippen LogP contribution in [0.5, 0.6) is 0 Å². The first kappa shape index (κ1) is 18.2. The minimum absolute atomic E-state index is 0.000929. The molecule has 2 N–H and O–H groups in total. The van der Waals surface area contributed by atoms with E-state index in [0.717, 1.165) is 6.07 Å². The first-order chi connectivity index (χ1) is 11.2. The van der Waals surface area contributed by atoms with Gasteiger partial charge in [0, 0.05) is 25.1 Å². The van der Waals surface area contributed by atoms with E-state index in [2.05, 4.69) is 5.32 Å². The monoisotopic (exact) mass is 348 g/mol. The number of likely N-dealkylation sites (tertiary alicyclic amines) is 1. The number of nitrogens with one attached hydrogen (secondary N) is 1. The lowest BCUT2D eigenvalue weighted by molar-refractivity contribution is -0.157. The minimum atomic E-state index is -4.53. The molecule has 2 amide bonds. The van der Waals surface area contributed by atoms with E-state index in [4.69, 9.17) is 0 Å². The number of halogens is 4. The molecule has 1 fully saturated rings. The summed E-state index contributed by atoms with van der Waals surface area (Å²) in [6.45, 7) is -2.03. The summed E-state index contributed by atoms with van der Waals surface area (Å²) < 4.78 is 50.5. The number of alkyl halides is 3. The van der Waals surface area contributed by atoms with Gasteiger partial charge in [-0.3, -0.25) is 9.59 Å². The third kappa shape index (κ3) is 4.67. The van der Waals surface area contributed by atoms with Crippen molar-refractivity contribution in [1.29, 1.82) is 0 Å². The molecule has 132 valence electrons. The quantitative estimate of drug-likeness (QED) is 0.790. The van der Waals surface area contributed by atoms with E-state index < -0.39 is 42.4 Å². The second kappa shape index (κ2) is 7.16. The lowest BCUT2D eigenvalue weighted by atomic mass is 10.1. The Morgan fingerprint density at radius 3 is 2.67 bits per heavy atom. The molecule has 2 atom stereocenters. The van der Waals surface area contributed by atoms with Gasteiger partial charge in [0.2, 0.25) is 11.8 Å². The van der Waals surface area contributed by atoms with Crippen LogP contribution in [0, 0.1) is 11.7 Å². The number of benzene rings is 1. The number of nitrogens with zero attached hydrogens (tertiary/aromatic N) is 1. The molecule has 1 aromatic carbocycles. The van der Waals surface area contributed by atoms with Crippen LogP contribution in [-0.4, -0.2) is 47.6 Å². The molecule has 9 heteroatoms. The summed E-state index contributed by atoms with van der Waals surface area (Å²) in [5.74, 6) is -2.95. The van der Waals surface area contributed by atoms with Crippen molar-refractivity contribution >= 4 is 11.8 Å². The van der Waals surface area contributed by atoms with E-state index in [-0.39, 0.29) is 25.1 Å². The lowest BCUT2D eigenvalue weighted by Gasteiger charge is -2.18. The zero-order chi connectivity index (χ0) is 17.9. The Morgan fingerprint density at radius 1 is 1.38 bits per heavy atom. The second-order valence-corrected chi connectivity index (χ2v) is 5.57. The Hall–Kier alpha value is -2.16. The van der Waals surface area contributed by atoms with E-state index in [1.165, 1.54) is 18.2 Å². The van der Waals surface area contributed by atoms with Gasteiger partial charge in [-0.2, -0.15) is 13.2 Å². The van der Waals surface area contributed by atoms with Crippen molar-refractivity contribution in [3.63, 3.8) is 0 Å². The molecular weight excluding hydrogens is 332 g/mol. The van der Waals surface area contributed by atoms with Crippen molar-refractivity contribution in [2.45, 2.75) is 18.7 Å². The lowest BCUT2D eigenvalue weighted by Crippen LogP contribution is -2.38. The summed E-state index contributed by atoms with van der Waals surface area (Å²) in [5.41, 5.74) is -0.000929.